The van der Waals surface area contributed by atoms with E-state index in [1.54, 1.807) is 0 Å². The standard InChI is InChI=1S/C27H35NO4/c1-18-12-14-21(26(3,4)20-9-6-5-7-10-20)22(17-18)32-25(29)27(16-8-11-23(27)28-30)24-15-13-19(2)31-24/h5-7,9-10,13,15,18,21-22,30H,8,11-12,14,16-17H2,1-4H3/b28-23+/t18-,21-,22?,27-/m0/s1. The largest absolute Gasteiger partial charge is 0.465 e. The Morgan fingerprint density at radius 2 is 1.94 bits per heavy atom. The third kappa shape index (κ3) is 3.87. The number of ether oxygens (including phenoxy) is 1. The summed E-state index contributed by atoms with van der Waals surface area (Å²) in [4.78, 5) is 13.9. The molecule has 1 aromatic carbocycles. The molecule has 0 spiro atoms. The third-order valence-corrected chi connectivity index (χ3v) is 7.85. The van der Waals surface area contributed by atoms with Crippen LogP contribution >= 0.6 is 0 Å². The lowest BCUT2D eigenvalue weighted by atomic mass is 9.64. The van der Waals surface area contributed by atoms with Crippen molar-refractivity contribution < 1.29 is 19.2 Å². The average Bonchev–Trinajstić information content (AvgIpc) is 3.41. The lowest BCUT2D eigenvalue weighted by Gasteiger charge is -2.44. The van der Waals surface area contributed by atoms with Gasteiger partial charge in [-0.3, -0.25) is 4.79 Å². The molecule has 5 heteroatoms. The maximum atomic E-state index is 13.9. The fraction of sp³-hybridized carbons (Fsp3) is 0.556. The highest BCUT2D eigenvalue weighted by atomic mass is 16.5. The van der Waals surface area contributed by atoms with Gasteiger partial charge in [-0.05, 0) is 68.1 Å². The monoisotopic (exact) mass is 437 g/mol. The minimum Gasteiger partial charge on any atom is -0.465 e. The van der Waals surface area contributed by atoms with E-state index >= 15 is 0 Å². The zero-order chi connectivity index (χ0) is 22.9. The molecule has 172 valence electrons. The van der Waals surface area contributed by atoms with Gasteiger partial charge in [0, 0.05) is 5.92 Å². The van der Waals surface area contributed by atoms with Gasteiger partial charge in [-0.1, -0.05) is 62.7 Å². The summed E-state index contributed by atoms with van der Waals surface area (Å²) >= 11 is 0. The van der Waals surface area contributed by atoms with Crippen LogP contribution in [0.4, 0.5) is 0 Å². The summed E-state index contributed by atoms with van der Waals surface area (Å²) in [5.41, 5.74) is 0.435. The molecule has 0 amide bonds. The summed E-state index contributed by atoms with van der Waals surface area (Å²) < 4.78 is 12.3. The number of benzene rings is 1. The summed E-state index contributed by atoms with van der Waals surface area (Å²) in [7, 11) is 0. The molecule has 1 N–H and O–H groups in total. The number of rotatable bonds is 5. The highest BCUT2D eigenvalue weighted by molar-refractivity contribution is 6.13. The lowest BCUT2D eigenvalue weighted by molar-refractivity contribution is -0.161. The summed E-state index contributed by atoms with van der Waals surface area (Å²) in [5.74, 6) is 1.60. The Morgan fingerprint density at radius 1 is 1.19 bits per heavy atom. The molecule has 32 heavy (non-hydrogen) atoms. The van der Waals surface area contributed by atoms with Crippen molar-refractivity contribution >= 4 is 11.7 Å². The number of hydrogen-bond donors (Lipinski definition) is 1. The van der Waals surface area contributed by atoms with E-state index < -0.39 is 5.41 Å². The van der Waals surface area contributed by atoms with Gasteiger partial charge in [0.2, 0.25) is 0 Å². The second-order valence-electron chi connectivity index (χ2n) is 10.3. The van der Waals surface area contributed by atoms with Crippen LogP contribution in [-0.4, -0.2) is 23.0 Å². The first-order chi connectivity index (χ1) is 15.3. The Kier molecular flexibility index (Phi) is 6.19. The van der Waals surface area contributed by atoms with Crippen LogP contribution in [0.5, 0.6) is 0 Å². The van der Waals surface area contributed by atoms with Crippen LogP contribution in [0.3, 0.4) is 0 Å². The number of hydrogen-bond acceptors (Lipinski definition) is 5. The molecule has 1 heterocycles. The van der Waals surface area contributed by atoms with Gasteiger partial charge in [0.25, 0.3) is 0 Å². The van der Waals surface area contributed by atoms with Crippen molar-refractivity contribution in [1.82, 2.24) is 0 Å². The Labute approximate surface area is 190 Å². The van der Waals surface area contributed by atoms with E-state index in [0.717, 1.165) is 31.4 Å². The quantitative estimate of drug-likeness (QED) is 0.345. The predicted octanol–water partition coefficient (Wildman–Crippen LogP) is 6.17. The van der Waals surface area contributed by atoms with Gasteiger partial charge in [0.05, 0.1) is 5.71 Å². The minimum absolute atomic E-state index is 0.135. The van der Waals surface area contributed by atoms with E-state index in [2.05, 4.69) is 50.2 Å². The van der Waals surface area contributed by atoms with E-state index in [9.17, 15) is 10.0 Å². The Bertz CT molecular complexity index is 977. The van der Waals surface area contributed by atoms with Crippen LogP contribution in [0, 0.1) is 18.8 Å². The molecule has 2 fully saturated rings. The number of nitrogens with zero attached hydrogens (tertiary/aromatic N) is 1. The molecule has 5 nitrogen and oxygen atoms in total. The first-order valence-electron chi connectivity index (χ1n) is 11.8. The van der Waals surface area contributed by atoms with Gasteiger partial charge in [0.1, 0.15) is 17.6 Å². The topological polar surface area (TPSA) is 72.0 Å². The van der Waals surface area contributed by atoms with E-state index in [4.69, 9.17) is 9.15 Å². The zero-order valence-electron chi connectivity index (χ0n) is 19.6. The maximum absolute atomic E-state index is 13.9. The Morgan fingerprint density at radius 3 is 2.59 bits per heavy atom. The third-order valence-electron chi connectivity index (χ3n) is 7.85. The molecular formula is C27H35NO4. The van der Waals surface area contributed by atoms with E-state index in [0.29, 0.717) is 30.2 Å². The number of esters is 1. The fourth-order valence-corrected chi connectivity index (χ4v) is 5.87. The number of carbonyl (C=O) groups is 1. The van der Waals surface area contributed by atoms with Crippen molar-refractivity contribution in [3.05, 3.63) is 59.5 Å². The molecule has 0 aliphatic heterocycles. The number of furan rings is 1. The Balaban J connectivity index is 1.67. The molecule has 0 radical (unpaired) electrons. The van der Waals surface area contributed by atoms with Gasteiger partial charge in [-0.2, -0.15) is 0 Å². The molecule has 2 aliphatic carbocycles. The van der Waals surface area contributed by atoms with Crippen molar-refractivity contribution in [3.8, 4) is 0 Å². The molecule has 0 bridgehead atoms. The molecular weight excluding hydrogens is 402 g/mol. The van der Waals surface area contributed by atoms with Crippen molar-refractivity contribution in [2.45, 2.75) is 83.2 Å². The Hall–Kier alpha value is -2.56. The first-order valence-corrected chi connectivity index (χ1v) is 11.8. The van der Waals surface area contributed by atoms with Crippen molar-refractivity contribution in [1.29, 1.82) is 0 Å². The summed E-state index contributed by atoms with van der Waals surface area (Å²) in [6.07, 6.45) is 4.63. The zero-order valence-corrected chi connectivity index (χ0v) is 19.6. The number of oxime groups is 1. The lowest BCUT2D eigenvalue weighted by Crippen LogP contribution is -2.48. The van der Waals surface area contributed by atoms with Crippen molar-refractivity contribution in [3.63, 3.8) is 0 Å². The maximum Gasteiger partial charge on any atom is 0.326 e. The van der Waals surface area contributed by atoms with Crippen LogP contribution in [0.25, 0.3) is 0 Å². The van der Waals surface area contributed by atoms with Gasteiger partial charge < -0.3 is 14.4 Å². The minimum atomic E-state index is -1.13. The van der Waals surface area contributed by atoms with Crippen LogP contribution in [0.2, 0.25) is 0 Å². The second-order valence-corrected chi connectivity index (χ2v) is 10.3. The average molecular weight is 438 g/mol. The van der Waals surface area contributed by atoms with Crippen molar-refractivity contribution in [2.75, 3.05) is 0 Å². The van der Waals surface area contributed by atoms with Crippen LogP contribution in [-0.2, 0) is 20.4 Å². The van der Waals surface area contributed by atoms with Crippen LogP contribution in [0.1, 0.15) is 76.4 Å². The molecule has 0 saturated heterocycles. The first kappa shape index (κ1) is 22.6. The normalized spacial score (nSPS) is 29.9. The predicted molar refractivity (Wildman–Crippen MR) is 124 cm³/mol. The molecule has 4 rings (SSSR count). The molecule has 2 saturated carbocycles. The van der Waals surface area contributed by atoms with E-state index in [1.807, 2.05) is 25.1 Å². The second kappa shape index (κ2) is 8.76. The highest BCUT2D eigenvalue weighted by Gasteiger charge is 2.54. The van der Waals surface area contributed by atoms with Gasteiger partial charge in [-0.15, -0.1) is 0 Å². The molecule has 2 aromatic rings. The van der Waals surface area contributed by atoms with Gasteiger partial charge >= 0.3 is 5.97 Å². The van der Waals surface area contributed by atoms with E-state index in [1.165, 1.54) is 5.56 Å². The highest BCUT2D eigenvalue weighted by Crippen LogP contribution is 2.46. The van der Waals surface area contributed by atoms with Crippen molar-refractivity contribution in [2.24, 2.45) is 17.0 Å². The molecule has 1 aromatic heterocycles. The summed E-state index contributed by atoms with van der Waals surface area (Å²) in [6.45, 7) is 8.60. The van der Waals surface area contributed by atoms with Gasteiger partial charge in [0.15, 0.2) is 5.41 Å². The van der Waals surface area contributed by atoms with Crippen LogP contribution in [0.15, 0.2) is 52.0 Å². The number of aryl methyl sites for hydroxylation is 1. The number of carbonyl (C=O) groups excluding carboxylic acids is 1. The summed E-state index contributed by atoms with van der Waals surface area (Å²) in [6, 6.07) is 14.2. The molecule has 4 atom stereocenters. The smallest absolute Gasteiger partial charge is 0.326 e. The summed E-state index contributed by atoms with van der Waals surface area (Å²) in [5, 5.41) is 13.3. The SMILES string of the molecule is Cc1ccc([C@]2(C(=O)OC3C[C@@H](C)CC[C@@H]3C(C)(C)c3ccccc3)CCC/C2=N\O)o1. The molecule has 2 aliphatic rings. The molecule has 1 unspecified atom stereocenters. The van der Waals surface area contributed by atoms with E-state index in [-0.39, 0.29) is 23.4 Å². The van der Waals surface area contributed by atoms with Crippen LogP contribution < -0.4 is 0 Å². The fourth-order valence-electron chi connectivity index (χ4n) is 5.87. The van der Waals surface area contributed by atoms with Gasteiger partial charge in [-0.25, -0.2) is 0 Å².